The molecule has 0 saturated carbocycles. The van der Waals surface area contributed by atoms with Crippen molar-refractivity contribution in [3.8, 4) is 11.4 Å². The Morgan fingerprint density at radius 2 is 1.92 bits per heavy atom. The van der Waals surface area contributed by atoms with Crippen LogP contribution < -0.4 is 5.32 Å². The van der Waals surface area contributed by atoms with Crippen LogP contribution in [-0.2, 0) is 4.74 Å². The maximum atomic E-state index is 12.4. The maximum absolute atomic E-state index is 12.4. The fourth-order valence-corrected chi connectivity index (χ4v) is 4.59. The summed E-state index contributed by atoms with van der Waals surface area (Å²) in [5.74, 6) is 1.53. The highest BCUT2D eigenvalue weighted by Crippen LogP contribution is 2.30. The maximum Gasteiger partial charge on any atom is 0.410 e. The summed E-state index contributed by atoms with van der Waals surface area (Å²) in [6, 6.07) is 18.1. The predicted molar refractivity (Wildman–Crippen MR) is 149 cm³/mol. The van der Waals surface area contributed by atoms with Gasteiger partial charge in [0.1, 0.15) is 29.2 Å². The average molecular weight is 508 g/mol. The molecule has 3 aromatic heterocycles. The predicted octanol–water partition coefficient (Wildman–Crippen LogP) is 6.27. The molecule has 0 unspecified atom stereocenters. The Kier molecular flexibility index (Phi) is 5.83. The number of aromatic amines is 2. The Hall–Kier alpha value is -4.66. The highest BCUT2D eigenvalue weighted by molar-refractivity contribution is 5.92. The van der Waals surface area contributed by atoms with Gasteiger partial charge >= 0.3 is 6.09 Å². The molecule has 0 spiro atoms. The molecule has 6 rings (SSSR count). The van der Waals surface area contributed by atoms with Gasteiger partial charge < -0.3 is 24.9 Å². The minimum Gasteiger partial charge on any atom is -0.444 e. The van der Waals surface area contributed by atoms with Gasteiger partial charge in [0.15, 0.2) is 0 Å². The lowest BCUT2D eigenvalue weighted by Gasteiger charge is -2.29. The summed E-state index contributed by atoms with van der Waals surface area (Å²) in [5, 5.41) is 4.34. The molecule has 4 heterocycles. The van der Waals surface area contributed by atoms with Gasteiger partial charge in [0.05, 0.1) is 16.4 Å². The molecule has 0 aliphatic carbocycles. The van der Waals surface area contributed by atoms with E-state index < -0.39 is 5.60 Å². The number of nitrogens with one attached hydrogen (secondary N) is 3. The highest BCUT2D eigenvalue weighted by atomic mass is 16.6. The van der Waals surface area contributed by atoms with Gasteiger partial charge in [-0.15, -0.1) is 0 Å². The number of imidazole rings is 1. The smallest absolute Gasteiger partial charge is 0.410 e. The number of para-hydroxylation sites is 2. The van der Waals surface area contributed by atoms with E-state index in [4.69, 9.17) is 9.72 Å². The van der Waals surface area contributed by atoms with E-state index in [-0.39, 0.29) is 6.09 Å². The average Bonchev–Trinajstić information content (AvgIpc) is 3.53. The Morgan fingerprint density at radius 1 is 1.05 bits per heavy atom. The molecule has 5 aromatic rings. The van der Waals surface area contributed by atoms with Gasteiger partial charge in [-0.3, -0.25) is 0 Å². The molecule has 1 aliphatic rings. The van der Waals surface area contributed by atoms with Crippen LogP contribution in [0.15, 0.2) is 67.0 Å². The van der Waals surface area contributed by atoms with Crippen LogP contribution in [0.4, 0.5) is 16.3 Å². The van der Waals surface area contributed by atoms with Crippen LogP contribution in [0.25, 0.3) is 39.0 Å². The first kappa shape index (κ1) is 23.7. The summed E-state index contributed by atoms with van der Waals surface area (Å²) in [6.45, 7) is 6.74. The second kappa shape index (κ2) is 9.33. The van der Waals surface area contributed by atoms with E-state index in [0.29, 0.717) is 18.9 Å². The number of amides is 1. The number of aromatic nitrogens is 5. The molecule has 192 valence electrons. The van der Waals surface area contributed by atoms with E-state index in [1.165, 1.54) is 0 Å². The summed E-state index contributed by atoms with van der Waals surface area (Å²) in [5.41, 5.74) is 6.18. The van der Waals surface area contributed by atoms with Crippen LogP contribution in [0.1, 0.15) is 32.9 Å². The fourth-order valence-electron chi connectivity index (χ4n) is 4.59. The number of hydrogen-bond donors (Lipinski definition) is 3. The Bertz CT molecular complexity index is 1640. The minimum absolute atomic E-state index is 0.285. The zero-order chi connectivity index (χ0) is 26.3. The third-order valence-corrected chi connectivity index (χ3v) is 6.42. The van der Waals surface area contributed by atoms with E-state index in [2.05, 4.69) is 37.4 Å². The van der Waals surface area contributed by atoms with Crippen LogP contribution in [0.5, 0.6) is 0 Å². The van der Waals surface area contributed by atoms with Crippen molar-refractivity contribution in [1.82, 2.24) is 29.8 Å². The van der Waals surface area contributed by atoms with Gasteiger partial charge in [-0.1, -0.05) is 30.3 Å². The van der Waals surface area contributed by atoms with Crippen molar-refractivity contribution in [3.05, 3.63) is 72.7 Å². The molecule has 9 nitrogen and oxygen atoms in total. The summed E-state index contributed by atoms with van der Waals surface area (Å²) in [4.78, 5) is 34.6. The standard InChI is InChI=1S/C29H29N7O2/c1-29(2,3)38-28(37)36-13-11-18(12-14-36)24-16-21-26(30-17-31-27(21)35-24)32-20-8-6-7-19(15-20)25-33-22-9-4-5-10-23(22)34-25/h4-11,15-17H,12-14H2,1-3H3,(H,33,34)(H2,30,31,32,35). The number of carbonyl (C=O) groups is 1. The van der Waals surface area contributed by atoms with Crippen molar-refractivity contribution in [2.45, 2.75) is 32.8 Å². The molecule has 0 atom stereocenters. The molecule has 1 amide bonds. The van der Waals surface area contributed by atoms with E-state index in [1.807, 2.05) is 69.3 Å². The normalized spacial score (nSPS) is 14.1. The molecule has 9 heteroatoms. The fraction of sp³-hybridized carbons (Fsp3) is 0.241. The van der Waals surface area contributed by atoms with E-state index >= 15 is 0 Å². The number of rotatable bonds is 4. The first-order valence-electron chi connectivity index (χ1n) is 12.7. The second-order valence-corrected chi connectivity index (χ2v) is 10.4. The largest absolute Gasteiger partial charge is 0.444 e. The number of fused-ring (bicyclic) bond motifs is 2. The highest BCUT2D eigenvalue weighted by Gasteiger charge is 2.24. The van der Waals surface area contributed by atoms with Crippen LogP contribution >= 0.6 is 0 Å². The summed E-state index contributed by atoms with van der Waals surface area (Å²) in [6.07, 6.45) is 4.05. The molecular weight excluding hydrogens is 478 g/mol. The monoisotopic (exact) mass is 507 g/mol. The van der Waals surface area contributed by atoms with Gasteiger partial charge in [-0.2, -0.15) is 0 Å². The number of anilines is 2. The lowest BCUT2D eigenvalue weighted by Crippen LogP contribution is -2.39. The summed E-state index contributed by atoms with van der Waals surface area (Å²) >= 11 is 0. The number of hydrogen-bond acceptors (Lipinski definition) is 6. The van der Waals surface area contributed by atoms with Gasteiger partial charge in [-0.25, -0.2) is 19.7 Å². The number of carbonyl (C=O) groups excluding carboxylic acids is 1. The molecule has 0 saturated heterocycles. The first-order valence-corrected chi connectivity index (χ1v) is 12.7. The van der Waals surface area contributed by atoms with Gasteiger partial charge in [0.25, 0.3) is 0 Å². The van der Waals surface area contributed by atoms with Crippen LogP contribution in [0.3, 0.4) is 0 Å². The quantitative estimate of drug-likeness (QED) is 0.264. The van der Waals surface area contributed by atoms with Crippen molar-refractivity contribution in [1.29, 1.82) is 0 Å². The topological polar surface area (TPSA) is 112 Å². The molecule has 0 fully saturated rings. The minimum atomic E-state index is -0.508. The molecule has 0 bridgehead atoms. The molecular formula is C29H29N7O2. The molecule has 0 radical (unpaired) electrons. The van der Waals surface area contributed by atoms with Gasteiger partial charge in [-0.05, 0) is 63.1 Å². The van der Waals surface area contributed by atoms with Gasteiger partial charge in [0.2, 0.25) is 0 Å². The third-order valence-electron chi connectivity index (χ3n) is 6.42. The number of ether oxygens (including phenoxy) is 1. The van der Waals surface area contributed by atoms with Crippen LogP contribution in [-0.4, -0.2) is 54.6 Å². The van der Waals surface area contributed by atoms with Crippen molar-refractivity contribution in [2.75, 3.05) is 18.4 Å². The lowest BCUT2D eigenvalue weighted by atomic mass is 10.1. The molecule has 1 aliphatic heterocycles. The molecule has 38 heavy (non-hydrogen) atoms. The third kappa shape index (κ3) is 4.82. The first-order chi connectivity index (χ1) is 18.3. The zero-order valence-electron chi connectivity index (χ0n) is 21.6. The van der Waals surface area contributed by atoms with Crippen molar-refractivity contribution in [2.24, 2.45) is 0 Å². The van der Waals surface area contributed by atoms with Crippen molar-refractivity contribution < 1.29 is 9.53 Å². The SMILES string of the molecule is CC(C)(C)OC(=O)N1CC=C(c2cc3c(Nc4cccc(-c5nc6ccccc6[nH]5)c4)ncnc3[nH]2)CC1. The Balaban J connectivity index is 1.23. The van der Waals surface area contributed by atoms with E-state index in [1.54, 1.807) is 11.2 Å². The van der Waals surface area contributed by atoms with Crippen LogP contribution in [0.2, 0.25) is 0 Å². The van der Waals surface area contributed by atoms with Crippen molar-refractivity contribution in [3.63, 3.8) is 0 Å². The van der Waals surface area contributed by atoms with E-state index in [9.17, 15) is 4.79 Å². The van der Waals surface area contributed by atoms with E-state index in [0.717, 1.165) is 56.8 Å². The summed E-state index contributed by atoms with van der Waals surface area (Å²) < 4.78 is 5.51. The number of benzene rings is 2. The summed E-state index contributed by atoms with van der Waals surface area (Å²) in [7, 11) is 0. The van der Waals surface area contributed by atoms with Gasteiger partial charge in [0, 0.05) is 30.0 Å². The molecule has 3 N–H and O–H groups in total. The second-order valence-electron chi connectivity index (χ2n) is 10.4. The van der Waals surface area contributed by atoms with Crippen LogP contribution in [0, 0.1) is 0 Å². The number of H-pyrrole nitrogens is 2. The van der Waals surface area contributed by atoms with Crippen molar-refractivity contribution >= 4 is 45.2 Å². The Labute approximate surface area is 220 Å². The number of nitrogens with zero attached hydrogens (tertiary/aromatic N) is 4. The Morgan fingerprint density at radius 3 is 2.71 bits per heavy atom. The zero-order valence-corrected chi connectivity index (χ0v) is 21.6. The molecule has 2 aromatic carbocycles. The lowest BCUT2D eigenvalue weighted by molar-refractivity contribution is 0.0270.